The molecule has 3 atom stereocenters. The highest BCUT2D eigenvalue weighted by molar-refractivity contribution is 5.79. The van der Waals surface area contributed by atoms with Gasteiger partial charge in [-0.15, -0.1) is 0 Å². The van der Waals surface area contributed by atoms with Crippen LogP contribution in [0.1, 0.15) is 48.5 Å². The minimum Gasteiger partial charge on any atom is -0.469 e. The number of aryl methyl sites for hydroxylation is 3. The Labute approximate surface area is 155 Å². The Bertz CT molecular complexity index is 750. The summed E-state index contributed by atoms with van der Waals surface area (Å²) < 4.78 is 7.32. The maximum absolute atomic E-state index is 12.4. The van der Waals surface area contributed by atoms with Gasteiger partial charge in [-0.1, -0.05) is 0 Å². The molecule has 0 bridgehead atoms. The molecule has 1 saturated heterocycles. The molecule has 1 amide bonds. The molecule has 0 spiro atoms. The van der Waals surface area contributed by atoms with E-state index < -0.39 is 0 Å². The Balaban J connectivity index is 1.64. The first kappa shape index (κ1) is 18.7. The van der Waals surface area contributed by atoms with Crippen LogP contribution in [-0.2, 0) is 18.3 Å². The summed E-state index contributed by atoms with van der Waals surface area (Å²) in [5, 5.41) is 8.18. The van der Waals surface area contributed by atoms with Crippen molar-refractivity contribution in [3.8, 4) is 0 Å². The third kappa shape index (κ3) is 3.70. The normalized spacial score (nSPS) is 21.6. The molecular formula is C20H30N4O2. The molecule has 2 aromatic rings. The second-order valence-electron chi connectivity index (χ2n) is 7.55. The van der Waals surface area contributed by atoms with Crippen LogP contribution < -0.4 is 5.32 Å². The summed E-state index contributed by atoms with van der Waals surface area (Å²) >= 11 is 0. The standard InChI is InChI=1S/C20H30N4O2/c1-13(8-9-17-7-6-10-26-17)21-12-16-11-18(25)23(4)20(16)19-14(2)22-24(5)15(19)3/h6-7,10,13,16,20-21H,8-9,11-12H2,1-5H3/t13?,16-,20+/m0/s1. The van der Waals surface area contributed by atoms with Gasteiger partial charge in [-0.05, 0) is 39.3 Å². The van der Waals surface area contributed by atoms with Crippen molar-refractivity contribution < 1.29 is 9.21 Å². The number of nitrogens with one attached hydrogen (secondary N) is 1. The van der Waals surface area contributed by atoms with E-state index in [0.717, 1.165) is 36.5 Å². The Hall–Kier alpha value is -2.08. The molecule has 0 aliphatic carbocycles. The molecule has 1 aliphatic rings. The van der Waals surface area contributed by atoms with Gasteiger partial charge >= 0.3 is 0 Å². The highest BCUT2D eigenvalue weighted by atomic mass is 16.3. The summed E-state index contributed by atoms with van der Waals surface area (Å²) in [6.07, 6.45) is 4.25. The molecular weight excluding hydrogens is 328 g/mol. The van der Waals surface area contributed by atoms with Crippen LogP contribution >= 0.6 is 0 Å². The summed E-state index contributed by atoms with van der Waals surface area (Å²) in [6.45, 7) is 7.14. The quantitative estimate of drug-likeness (QED) is 0.827. The number of hydrogen-bond acceptors (Lipinski definition) is 4. The summed E-state index contributed by atoms with van der Waals surface area (Å²) in [5.74, 6) is 1.50. The van der Waals surface area contributed by atoms with Gasteiger partial charge in [0.25, 0.3) is 0 Å². The first-order valence-corrected chi connectivity index (χ1v) is 9.40. The van der Waals surface area contributed by atoms with E-state index in [9.17, 15) is 4.79 Å². The molecule has 1 aliphatic heterocycles. The highest BCUT2D eigenvalue weighted by Gasteiger charge is 2.40. The van der Waals surface area contributed by atoms with Crippen molar-refractivity contribution in [1.29, 1.82) is 0 Å². The number of nitrogens with zero attached hydrogens (tertiary/aromatic N) is 3. The molecule has 1 N–H and O–H groups in total. The molecule has 3 heterocycles. The second kappa shape index (κ2) is 7.66. The fourth-order valence-corrected chi connectivity index (χ4v) is 4.05. The topological polar surface area (TPSA) is 63.3 Å². The van der Waals surface area contributed by atoms with E-state index in [0.29, 0.717) is 12.5 Å². The number of rotatable bonds is 7. The number of amides is 1. The van der Waals surface area contributed by atoms with E-state index >= 15 is 0 Å². The Morgan fingerprint density at radius 2 is 2.15 bits per heavy atom. The number of furan rings is 1. The van der Waals surface area contributed by atoms with Crippen molar-refractivity contribution in [2.75, 3.05) is 13.6 Å². The first-order valence-electron chi connectivity index (χ1n) is 9.40. The molecule has 6 heteroatoms. The van der Waals surface area contributed by atoms with Gasteiger partial charge in [-0.2, -0.15) is 5.10 Å². The Morgan fingerprint density at radius 1 is 1.38 bits per heavy atom. The van der Waals surface area contributed by atoms with Crippen LogP contribution in [0.2, 0.25) is 0 Å². The zero-order valence-corrected chi connectivity index (χ0v) is 16.5. The molecule has 1 unspecified atom stereocenters. The third-order valence-electron chi connectivity index (χ3n) is 5.69. The lowest BCUT2D eigenvalue weighted by atomic mass is 9.92. The van der Waals surface area contributed by atoms with Crippen molar-refractivity contribution in [3.63, 3.8) is 0 Å². The summed E-state index contributed by atoms with van der Waals surface area (Å²) in [4.78, 5) is 14.3. The number of aromatic nitrogens is 2. The van der Waals surface area contributed by atoms with Crippen LogP contribution in [0.15, 0.2) is 22.8 Å². The lowest BCUT2D eigenvalue weighted by Gasteiger charge is -2.27. The van der Waals surface area contributed by atoms with Gasteiger partial charge in [-0.3, -0.25) is 9.48 Å². The van der Waals surface area contributed by atoms with Crippen molar-refractivity contribution >= 4 is 5.91 Å². The maximum atomic E-state index is 12.4. The Morgan fingerprint density at radius 3 is 2.77 bits per heavy atom. The van der Waals surface area contributed by atoms with Crippen molar-refractivity contribution in [2.24, 2.45) is 13.0 Å². The average molecular weight is 358 g/mol. The number of carbonyl (C=O) groups excluding carboxylic acids is 1. The number of carbonyl (C=O) groups is 1. The molecule has 3 rings (SSSR count). The van der Waals surface area contributed by atoms with E-state index in [1.165, 1.54) is 5.56 Å². The molecule has 2 aromatic heterocycles. The molecule has 142 valence electrons. The zero-order valence-electron chi connectivity index (χ0n) is 16.5. The van der Waals surface area contributed by atoms with Gasteiger partial charge in [0.2, 0.25) is 5.91 Å². The lowest BCUT2D eigenvalue weighted by Crippen LogP contribution is -2.34. The van der Waals surface area contributed by atoms with Crippen molar-refractivity contribution in [3.05, 3.63) is 41.1 Å². The zero-order chi connectivity index (χ0) is 18.8. The van der Waals surface area contributed by atoms with Gasteiger partial charge in [0, 0.05) is 56.7 Å². The van der Waals surface area contributed by atoms with Crippen LogP contribution in [-0.4, -0.2) is 40.2 Å². The van der Waals surface area contributed by atoms with E-state index in [4.69, 9.17) is 4.42 Å². The van der Waals surface area contributed by atoms with E-state index in [-0.39, 0.29) is 17.9 Å². The lowest BCUT2D eigenvalue weighted by molar-refractivity contribution is -0.127. The average Bonchev–Trinajstić information content (AvgIpc) is 3.27. The van der Waals surface area contributed by atoms with Gasteiger partial charge in [-0.25, -0.2) is 0 Å². The smallest absolute Gasteiger partial charge is 0.223 e. The van der Waals surface area contributed by atoms with E-state index in [1.54, 1.807) is 6.26 Å². The summed E-state index contributed by atoms with van der Waals surface area (Å²) in [7, 11) is 3.88. The molecule has 6 nitrogen and oxygen atoms in total. The monoisotopic (exact) mass is 358 g/mol. The number of likely N-dealkylation sites (tertiary alicyclic amines) is 1. The van der Waals surface area contributed by atoms with Crippen LogP contribution in [0.5, 0.6) is 0 Å². The van der Waals surface area contributed by atoms with Crippen LogP contribution in [0.25, 0.3) is 0 Å². The van der Waals surface area contributed by atoms with Gasteiger partial charge in [0.15, 0.2) is 0 Å². The van der Waals surface area contributed by atoms with E-state index in [2.05, 4.69) is 24.3 Å². The maximum Gasteiger partial charge on any atom is 0.223 e. The first-order chi connectivity index (χ1) is 12.4. The van der Waals surface area contributed by atoms with Crippen molar-refractivity contribution in [1.82, 2.24) is 20.0 Å². The molecule has 26 heavy (non-hydrogen) atoms. The Kier molecular flexibility index (Phi) is 5.51. The fraction of sp³-hybridized carbons (Fsp3) is 0.600. The van der Waals surface area contributed by atoms with Gasteiger partial charge < -0.3 is 14.6 Å². The predicted molar refractivity (Wildman–Crippen MR) is 101 cm³/mol. The highest BCUT2D eigenvalue weighted by Crippen LogP contribution is 2.39. The van der Waals surface area contributed by atoms with Crippen LogP contribution in [0, 0.1) is 19.8 Å². The molecule has 0 radical (unpaired) electrons. The largest absolute Gasteiger partial charge is 0.469 e. The van der Waals surface area contributed by atoms with Crippen molar-refractivity contribution in [2.45, 2.75) is 52.1 Å². The number of hydrogen-bond donors (Lipinski definition) is 1. The SMILES string of the molecule is Cc1nn(C)c(C)c1[C@H]1[C@H](CNC(C)CCc2ccco2)CC(=O)N1C. The van der Waals surface area contributed by atoms with Crippen LogP contribution in [0.3, 0.4) is 0 Å². The molecule has 1 fully saturated rings. The van der Waals surface area contributed by atoms with Crippen LogP contribution in [0.4, 0.5) is 0 Å². The third-order valence-corrected chi connectivity index (χ3v) is 5.69. The van der Waals surface area contributed by atoms with Gasteiger partial charge in [0.05, 0.1) is 18.0 Å². The summed E-state index contributed by atoms with van der Waals surface area (Å²) in [6, 6.07) is 4.41. The predicted octanol–water partition coefficient (Wildman–Crippen LogP) is 2.76. The molecule has 0 aromatic carbocycles. The fourth-order valence-electron chi connectivity index (χ4n) is 4.05. The minimum atomic E-state index is 0.0981. The van der Waals surface area contributed by atoms with E-state index in [1.807, 2.05) is 42.7 Å². The molecule has 0 saturated carbocycles. The summed E-state index contributed by atoms with van der Waals surface area (Å²) in [5.41, 5.74) is 3.37. The second-order valence-corrected chi connectivity index (χ2v) is 7.55. The van der Waals surface area contributed by atoms with Gasteiger partial charge in [0.1, 0.15) is 5.76 Å². The minimum absolute atomic E-state index is 0.0981.